The van der Waals surface area contributed by atoms with Gasteiger partial charge in [0.25, 0.3) is 5.91 Å². The number of aromatic nitrogens is 1. The molecule has 0 unspecified atom stereocenters. The van der Waals surface area contributed by atoms with Gasteiger partial charge in [-0.2, -0.15) is 0 Å². The summed E-state index contributed by atoms with van der Waals surface area (Å²) in [5, 5.41) is 3.92. The first kappa shape index (κ1) is 11.1. The van der Waals surface area contributed by atoms with Crippen LogP contribution in [0.2, 0.25) is 0 Å². The Labute approximate surface area is 106 Å². The zero-order valence-corrected chi connectivity index (χ0v) is 10.4. The van der Waals surface area contributed by atoms with E-state index >= 15 is 0 Å². The number of fused-ring (bicyclic) bond motifs is 1. The molecule has 0 saturated heterocycles. The van der Waals surface area contributed by atoms with E-state index in [0.29, 0.717) is 16.7 Å². The number of carbonyl (C=O) groups excluding carboxylic acids is 1. The Bertz CT molecular complexity index is 611. The molecule has 0 atom stereocenters. The Kier molecular flexibility index (Phi) is 2.33. The van der Waals surface area contributed by atoms with E-state index in [1.165, 1.54) is 12.8 Å². The number of hydrogen-bond acceptors (Lipinski definition) is 2. The molecule has 1 aromatic carbocycles. The highest BCUT2D eigenvalue weighted by Gasteiger charge is 2.37. The Morgan fingerprint density at radius 3 is 3.00 bits per heavy atom. The van der Waals surface area contributed by atoms with Gasteiger partial charge in [0.15, 0.2) is 0 Å². The van der Waals surface area contributed by atoms with Crippen LogP contribution in [0.15, 0.2) is 24.4 Å². The molecule has 1 amide bonds. The highest BCUT2D eigenvalue weighted by Crippen LogP contribution is 2.44. The number of amides is 1. The van der Waals surface area contributed by atoms with Crippen molar-refractivity contribution in [2.24, 2.45) is 5.41 Å². The molecule has 0 spiro atoms. The standard InChI is InChI=1S/C14H17N3O/c1-14(4-5-14)8-17-13(18)11-7-16-12-6-9(15)2-3-10(11)12/h2-3,6-7,16H,4-5,8,15H2,1H3,(H,17,18). The van der Waals surface area contributed by atoms with Crippen molar-refractivity contribution in [3.63, 3.8) is 0 Å². The maximum Gasteiger partial charge on any atom is 0.253 e. The quantitative estimate of drug-likeness (QED) is 0.724. The van der Waals surface area contributed by atoms with Crippen LogP contribution in [0.1, 0.15) is 30.1 Å². The molecule has 18 heavy (non-hydrogen) atoms. The molecule has 2 aromatic rings. The fraction of sp³-hybridized carbons (Fsp3) is 0.357. The van der Waals surface area contributed by atoms with E-state index in [-0.39, 0.29) is 5.91 Å². The summed E-state index contributed by atoms with van der Waals surface area (Å²) in [7, 11) is 0. The van der Waals surface area contributed by atoms with Crippen LogP contribution in [-0.4, -0.2) is 17.4 Å². The second-order valence-electron chi connectivity index (χ2n) is 5.50. The fourth-order valence-electron chi connectivity index (χ4n) is 2.11. The van der Waals surface area contributed by atoms with Gasteiger partial charge in [0.05, 0.1) is 5.56 Å². The molecule has 1 fully saturated rings. The zero-order valence-electron chi connectivity index (χ0n) is 10.4. The van der Waals surface area contributed by atoms with Crippen LogP contribution in [0.3, 0.4) is 0 Å². The second-order valence-corrected chi connectivity index (χ2v) is 5.50. The predicted octanol–water partition coefficient (Wildman–Crippen LogP) is 2.28. The van der Waals surface area contributed by atoms with Crippen LogP contribution in [0.5, 0.6) is 0 Å². The normalized spacial score (nSPS) is 16.7. The third-order valence-electron chi connectivity index (χ3n) is 3.73. The van der Waals surface area contributed by atoms with Crippen LogP contribution in [0.4, 0.5) is 5.69 Å². The van der Waals surface area contributed by atoms with Crippen molar-refractivity contribution in [3.05, 3.63) is 30.0 Å². The first-order valence-electron chi connectivity index (χ1n) is 6.22. The van der Waals surface area contributed by atoms with Crippen molar-refractivity contribution in [2.45, 2.75) is 19.8 Å². The van der Waals surface area contributed by atoms with Gasteiger partial charge >= 0.3 is 0 Å². The van der Waals surface area contributed by atoms with Crippen LogP contribution in [0.25, 0.3) is 10.9 Å². The number of rotatable bonds is 3. The second kappa shape index (κ2) is 3.77. The summed E-state index contributed by atoms with van der Waals surface area (Å²) in [4.78, 5) is 15.2. The van der Waals surface area contributed by atoms with Crippen molar-refractivity contribution in [2.75, 3.05) is 12.3 Å². The number of aromatic amines is 1. The van der Waals surface area contributed by atoms with Crippen molar-refractivity contribution in [3.8, 4) is 0 Å². The van der Waals surface area contributed by atoms with Gasteiger partial charge in [-0.15, -0.1) is 0 Å². The Morgan fingerprint density at radius 1 is 1.50 bits per heavy atom. The molecule has 94 valence electrons. The van der Waals surface area contributed by atoms with Crippen LogP contribution in [-0.2, 0) is 0 Å². The fourth-order valence-corrected chi connectivity index (χ4v) is 2.11. The lowest BCUT2D eigenvalue weighted by molar-refractivity contribution is 0.0948. The van der Waals surface area contributed by atoms with Gasteiger partial charge in [-0.25, -0.2) is 0 Å². The highest BCUT2D eigenvalue weighted by atomic mass is 16.1. The van der Waals surface area contributed by atoms with Gasteiger partial charge in [-0.05, 0) is 36.5 Å². The van der Waals surface area contributed by atoms with Gasteiger partial charge in [-0.3, -0.25) is 4.79 Å². The molecule has 1 saturated carbocycles. The predicted molar refractivity (Wildman–Crippen MR) is 72.4 cm³/mol. The minimum Gasteiger partial charge on any atom is -0.399 e. The molecule has 1 aliphatic rings. The van der Waals surface area contributed by atoms with Gasteiger partial charge in [0.1, 0.15) is 0 Å². The lowest BCUT2D eigenvalue weighted by Gasteiger charge is -2.09. The summed E-state index contributed by atoms with van der Waals surface area (Å²) in [5.41, 5.74) is 8.32. The van der Waals surface area contributed by atoms with Crippen LogP contribution < -0.4 is 11.1 Å². The first-order valence-corrected chi connectivity index (χ1v) is 6.22. The minimum absolute atomic E-state index is 0.0147. The van der Waals surface area contributed by atoms with E-state index in [0.717, 1.165) is 17.4 Å². The lowest BCUT2D eigenvalue weighted by atomic mass is 10.1. The Hall–Kier alpha value is -1.97. The van der Waals surface area contributed by atoms with E-state index in [1.54, 1.807) is 6.20 Å². The largest absolute Gasteiger partial charge is 0.399 e. The number of H-pyrrole nitrogens is 1. The SMILES string of the molecule is CC1(CNC(=O)c2c[nH]c3cc(N)ccc23)CC1. The summed E-state index contributed by atoms with van der Waals surface area (Å²) < 4.78 is 0. The molecule has 0 aliphatic heterocycles. The third-order valence-corrected chi connectivity index (χ3v) is 3.73. The van der Waals surface area contributed by atoms with E-state index < -0.39 is 0 Å². The number of anilines is 1. The van der Waals surface area contributed by atoms with Crippen molar-refractivity contribution in [1.29, 1.82) is 0 Å². The number of carbonyl (C=O) groups is 1. The maximum absolute atomic E-state index is 12.1. The maximum atomic E-state index is 12.1. The number of nitrogen functional groups attached to an aromatic ring is 1. The lowest BCUT2D eigenvalue weighted by Crippen LogP contribution is -2.28. The van der Waals surface area contributed by atoms with Gasteiger partial charge in [0.2, 0.25) is 0 Å². The van der Waals surface area contributed by atoms with Crippen molar-refractivity contribution in [1.82, 2.24) is 10.3 Å². The summed E-state index contributed by atoms with van der Waals surface area (Å²) in [6.45, 7) is 2.96. The van der Waals surface area contributed by atoms with E-state index in [2.05, 4.69) is 17.2 Å². The molecule has 0 bridgehead atoms. The summed E-state index contributed by atoms with van der Waals surface area (Å²) in [6.07, 6.45) is 4.16. The van der Waals surface area contributed by atoms with E-state index in [9.17, 15) is 4.79 Å². The average Bonchev–Trinajstić information content (AvgIpc) is 2.93. The molecule has 1 aliphatic carbocycles. The van der Waals surface area contributed by atoms with Crippen LogP contribution in [0, 0.1) is 5.41 Å². The van der Waals surface area contributed by atoms with Crippen molar-refractivity contribution < 1.29 is 4.79 Å². The molecule has 0 radical (unpaired) electrons. The van der Waals surface area contributed by atoms with Gasteiger partial charge in [0, 0.05) is 29.3 Å². The molecule has 4 heteroatoms. The number of benzene rings is 1. The molecule has 4 nitrogen and oxygen atoms in total. The summed E-state index contributed by atoms with van der Waals surface area (Å²) in [5.74, 6) is -0.0147. The van der Waals surface area contributed by atoms with E-state index in [4.69, 9.17) is 5.73 Å². The monoisotopic (exact) mass is 243 g/mol. The number of nitrogens with one attached hydrogen (secondary N) is 2. The van der Waals surface area contributed by atoms with E-state index in [1.807, 2.05) is 18.2 Å². The summed E-state index contributed by atoms with van der Waals surface area (Å²) in [6, 6.07) is 5.54. The third kappa shape index (κ3) is 1.94. The minimum atomic E-state index is -0.0147. The van der Waals surface area contributed by atoms with Crippen LogP contribution >= 0.6 is 0 Å². The average molecular weight is 243 g/mol. The summed E-state index contributed by atoms with van der Waals surface area (Å²) >= 11 is 0. The number of nitrogens with two attached hydrogens (primary N) is 1. The van der Waals surface area contributed by atoms with Gasteiger partial charge < -0.3 is 16.0 Å². The Morgan fingerprint density at radius 2 is 2.28 bits per heavy atom. The highest BCUT2D eigenvalue weighted by molar-refractivity contribution is 6.07. The molecular formula is C14H17N3O. The van der Waals surface area contributed by atoms with Gasteiger partial charge in [-0.1, -0.05) is 6.92 Å². The Balaban J connectivity index is 1.82. The topological polar surface area (TPSA) is 70.9 Å². The smallest absolute Gasteiger partial charge is 0.253 e. The molecule has 3 rings (SSSR count). The number of hydrogen-bond donors (Lipinski definition) is 3. The molecule has 4 N–H and O–H groups in total. The molecule has 1 heterocycles. The zero-order chi connectivity index (χ0) is 12.8. The molecule has 1 aromatic heterocycles. The molecular weight excluding hydrogens is 226 g/mol. The first-order chi connectivity index (χ1) is 8.57. The van der Waals surface area contributed by atoms with Crippen molar-refractivity contribution >= 4 is 22.5 Å².